The number of hydrogen-bond donors (Lipinski definition) is 2. The summed E-state index contributed by atoms with van der Waals surface area (Å²) in [5.74, 6) is 1.36. The molecule has 2 saturated heterocycles. The largest absolute Gasteiger partial charge is 0.374 e. The van der Waals surface area contributed by atoms with E-state index in [1.54, 1.807) is 12.4 Å². The molecule has 0 radical (unpaired) electrons. The van der Waals surface area contributed by atoms with Gasteiger partial charge in [-0.15, -0.1) is 0 Å². The van der Waals surface area contributed by atoms with Crippen LogP contribution < -0.4 is 15.5 Å². The van der Waals surface area contributed by atoms with E-state index in [0.717, 1.165) is 86.8 Å². The maximum absolute atomic E-state index is 12.6. The van der Waals surface area contributed by atoms with Crippen molar-refractivity contribution in [1.29, 1.82) is 0 Å². The highest BCUT2D eigenvalue weighted by atomic mass is 16.5. The molecule has 3 aliphatic rings. The van der Waals surface area contributed by atoms with Gasteiger partial charge in [0.15, 0.2) is 5.82 Å². The number of pyridine rings is 1. The van der Waals surface area contributed by atoms with Crippen molar-refractivity contribution in [1.82, 2.24) is 25.2 Å². The zero-order valence-electron chi connectivity index (χ0n) is 20.5. The van der Waals surface area contributed by atoms with Crippen LogP contribution in [0.5, 0.6) is 0 Å². The minimum atomic E-state index is 0.0969. The Morgan fingerprint density at radius 3 is 2.61 bits per heavy atom. The molecule has 1 atom stereocenters. The Bertz CT molecular complexity index is 1200. The lowest BCUT2D eigenvalue weighted by molar-refractivity contribution is -0.138. The number of amides is 1. The van der Waals surface area contributed by atoms with E-state index in [9.17, 15) is 4.79 Å². The summed E-state index contributed by atoms with van der Waals surface area (Å²) in [5, 5.41) is 6.80. The van der Waals surface area contributed by atoms with Crippen LogP contribution in [-0.4, -0.2) is 84.3 Å². The molecule has 2 aliphatic heterocycles. The number of hydrogen-bond acceptors (Lipinski definition) is 8. The van der Waals surface area contributed by atoms with Crippen LogP contribution in [0.15, 0.2) is 42.7 Å². The summed E-state index contributed by atoms with van der Waals surface area (Å²) in [4.78, 5) is 30.9. The van der Waals surface area contributed by atoms with Crippen LogP contribution in [0.4, 0.5) is 11.5 Å². The van der Waals surface area contributed by atoms with Crippen LogP contribution in [0, 0.1) is 5.92 Å². The van der Waals surface area contributed by atoms with E-state index < -0.39 is 0 Å². The lowest BCUT2D eigenvalue weighted by atomic mass is 9.84. The first kappa shape index (κ1) is 23.1. The molecule has 1 aliphatic carbocycles. The molecule has 6 rings (SSSR count). The summed E-state index contributed by atoms with van der Waals surface area (Å²) in [6, 6.07) is 10.5. The molecule has 3 aromatic rings. The van der Waals surface area contributed by atoms with Gasteiger partial charge in [0.2, 0.25) is 5.91 Å². The van der Waals surface area contributed by atoms with Crippen molar-refractivity contribution in [3.05, 3.63) is 42.7 Å². The SMILES string of the molecule is O=C(C1CCC1)N1CCN(c2ccc(-c3cc4nccnc4c(NCC4CNCCO4)n3)cc2)CC1. The number of nitrogens with one attached hydrogen (secondary N) is 2. The van der Waals surface area contributed by atoms with Crippen LogP contribution in [0.25, 0.3) is 22.3 Å². The van der Waals surface area contributed by atoms with Gasteiger partial charge in [-0.2, -0.15) is 0 Å². The summed E-state index contributed by atoms with van der Waals surface area (Å²) in [6.45, 7) is 6.43. The van der Waals surface area contributed by atoms with Crippen LogP contribution in [0.2, 0.25) is 0 Å². The second kappa shape index (κ2) is 10.4. The third-order valence-corrected chi connectivity index (χ3v) is 7.53. The maximum atomic E-state index is 12.6. The van der Waals surface area contributed by atoms with Crippen LogP contribution >= 0.6 is 0 Å². The molecule has 3 fully saturated rings. The monoisotopic (exact) mass is 487 g/mol. The molecular weight excluding hydrogens is 454 g/mol. The molecular formula is C27H33N7O2. The Balaban J connectivity index is 1.16. The van der Waals surface area contributed by atoms with Gasteiger partial charge in [-0.05, 0) is 31.0 Å². The summed E-state index contributed by atoms with van der Waals surface area (Å²) in [5.41, 5.74) is 4.63. The maximum Gasteiger partial charge on any atom is 0.225 e. The fraction of sp³-hybridized carbons (Fsp3) is 0.481. The van der Waals surface area contributed by atoms with Crippen molar-refractivity contribution >= 4 is 28.4 Å². The molecule has 36 heavy (non-hydrogen) atoms. The van der Waals surface area contributed by atoms with Crippen molar-refractivity contribution in [2.24, 2.45) is 5.92 Å². The number of aromatic nitrogens is 3. The highest BCUT2D eigenvalue weighted by Gasteiger charge is 2.31. The Morgan fingerprint density at radius 1 is 1.08 bits per heavy atom. The predicted molar refractivity (Wildman–Crippen MR) is 140 cm³/mol. The van der Waals surface area contributed by atoms with Gasteiger partial charge in [0, 0.05) is 75.4 Å². The molecule has 0 bridgehead atoms. The number of rotatable bonds is 6. The van der Waals surface area contributed by atoms with Crippen molar-refractivity contribution in [2.75, 3.05) is 62.6 Å². The second-order valence-corrected chi connectivity index (χ2v) is 9.85. The van der Waals surface area contributed by atoms with Gasteiger partial charge in [-0.3, -0.25) is 9.78 Å². The molecule has 1 aromatic carbocycles. The molecule has 188 valence electrons. The summed E-state index contributed by atoms with van der Waals surface area (Å²) < 4.78 is 5.82. The minimum Gasteiger partial charge on any atom is -0.374 e. The molecule has 1 saturated carbocycles. The Morgan fingerprint density at radius 2 is 1.89 bits per heavy atom. The van der Waals surface area contributed by atoms with Gasteiger partial charge >= 0.3 is 0 Å². The average Bonchev–Trinajstić information content (AvgIpc) is 2.91. The lowest BCUT2D eigenvalue weighted by Gasteiger charge is -2.39. The average molecular weight is 488 g/mol. The van der Waals surface area contributed by atoms with Gasteiger partial charge in [-0.1, -0.05) is 18.6 Å². The normalized spacial score (nSPS) is 20.8. The zero-order chi connectivity index (χ0) is 24.3. The van der Waals surface area contributed by atoms with Crippen molar-refractivity contribution in [2.45, 2.75) is 25.4 Å². The summed E-state index contributed by atoms with van der Waals surface area (Å²) in [7, 11) is 0. The number of morpholine rings is 1. The third kappa shape index (κ3) is 4.85. The van der Waals surface area contributed by atoms with Crippen molar-refractivity contribution < 1.29 is 9.53 Å². The summed E-state index contributed by atoms with van der Waals surface area (Å²) in [6.07, 6.45) is 6.84. The highest BCUT2D eigenvalue weighted by Crippen LogP contribution is 2.30. The topological polar surface area (TPSA) is 95.5 Å². The number of ether oxygens (including phenoxy) is 1. The minimum absolute atomic E-state index is 0.0969. The van der Waals surface area contributed by atoms with Gasteiger partial charge in [0.1, 0.15) is 5.52 Å². The number of piperazine rings is 1. The quantitative estimate of drug-likeness (QED) is 0.548. The predicted octanol–water partition coefficient (Wildman–Crippen LogP) is 2.54. The number of carbonyl (C=O) groups excluding carboxylic acids is 1. The van der Waals surface area contributed by atoms with Crippen LogP contribution in [-0.2, 0) is 9.53 Å². The Kier molecular flexibility index (Phi) is 6.65. The van der Waals surface area contributed by atoms with Crippen LogP contribution in [0.1, 0.15) is 19.3 Å². The van der Waals surface area contributed by atoms with Gasteiger partial charge in [-0.25, -0.2) is 9.97 Å². The van der Waals surface area contributed by atoms with E-state index in [4.69, 9.17) is 9.72 Å². The number of fused-ring (bicyclic) bond motifs is 1. The number of nitrogens with zero attached hydrogens (tertiary/aromatic N) is 5. The molecule has 9 heteroatoms. The standard InChI is InChI=1S/C27H33N7O2/c35-27(20-2-1-3-20)34-13-11-33(12-14-34)21-6-4-19(5-7-21)23-16-24-25(30-9-8-29-24)26(32-23)31-18-22-17-28-10-15-36-22/h4-9,16,20,22,28H,1-3,10-15,17-18H2,(H,31,32). The molecule has 2 aromatic heterocycles. The van der Waals surface area contributed by atoms with Crippen molar-refractivity contribution in [3.63, 3.8) is 0 Å². The fourth-order valence-electron chi connectivity index (χ4n) is 5.15. The van der Waals surface area contributed by atoms with Crippen LogP contribution in [0.3, 0.4) is 0 Å². The van der Waals surface area contributed by atoms with E-state index in [1.165, 1.54) is 12.1 Å². The number of benzene rings is 1. The van der Waals surface area contributed by atoms with Gasteiger partial charge in [0.25, 0.3) is 0 Å². The smallest absolute Gasteiger partial charge is 0.225 e. The molecule has 4 heterocycles. The second-order valence-electron chi connectivity index (χ2n) is 9.85. The third-order valence-electron chi connectivity index (χ3n) is 7.53. The van der Waals surface area contributed by atoms with Gasteiger partial charge in [0.05, 0.1) is 23.9 Å². The van der Waals surface area contributed by atoms with E-state index in [1.807, 2.05) is 6.07 Å². The first-order valence-electron chi connectivity index (χ1n) is 13.1. The fourth-order valence-corrected chi connectivity index (χ4v) is 5.15. The van der Waals surface area contributed by atoms with E-state index in [-0.39, 0.29) is 12.0 Å². The molecule has 1 unspecified atom stereocenters. The van der Waals surface area contributed by atoms with E-state index in [2.05, 4.69) is 54.7 Å². The first-order chi connectivity index (χ1) is 17.7. The Labute approximate surface area is 211 Å². The molecule has 9 nitrogen and oxygen atoms in total. The van der Waals surface area contributed by atoms with E-state index in [0.29, 0.717) is 12.5 Å². The van der Waals surface area contributed by atoms with Crippen molar-refractivity contribution in [3.8, 4) is 11.3 Å². The van der Waals surface area contributed by atoms with E-state index >= 15 is 0 Å². The molecule has 0 spiro atoms. The number of carbonyl (C=O) groups is 1. The summed E-state index contributed by atoms with van der Waals surface area (Å²) >= 11 is 0. The zero-order valence-corrected chi connectivity index (χ0v) is 20.5. The number of anilines is 2. The lowest BCUT2D eigenvalue weighted by Crippen LogP contribution is -2.51. The Hall–Kier alpha value is -3.30. The van der Waals surface area contributed by atoms with Gasteiger partial charge < -0.3 is 25.2 Å². The molecule has 1 amide bonds. The highest BCUT2D eigenvalue weighted by molar-refractivity contribution is 5.88. The first-order valence-corrected chi connectivity index (χ1v) is 13.1. The molecule has 2 N–H and O–H groups in total.